The molecule has 1 unspecified atom stereocenters. The first kappa shape index (κ1) is 15.8. The average molecular weight is 307 g/mol. The van der Waals surface area contributed by atoms with Gasteiger partial charge in [0.15, 0.2) is 0 Å². The molecule has 0 aliphatic carbocycles. The van der Waals surface area contributed by atoms with E-state index in [1.807, 2.05) is 6.07 Å². The average Bonchev–Trinajstić information content (AvgIpc) is 2.97. The van der Waals surface area contributed by atoms with Crippen molar-refractivity contribution in [2.45, 2.75) is 45.2 Å². The molecule has 2 N–H and O–H groups in total. The third kappa shape index (κ3) is 3.62. The lowest BCUT2D eigenvalue weighted by Gasteiger charge is -2.14. The molecule has 3 rings (SSSR count). The maximum absolute atomic E-state index is 6.43. The maximum Gasteiger partial charge on any atom is 0.126 e. The van der Waals surface area contributed by atoms with Gasteiger partial charge in [-0.3, -0.25) is 0 Å². The number of imidazole rings is 1. The molecule has 3 aromatic rings. The molecule has 120 valence electrons. The van der Waals surface area contributed by atoms with Crippen molar-refractivity contribution in [3.63, 3.8) is 0 Å². The standard InChI is InChI=1S/C20H25N3/c1-2-3-11-17(21)20-22-18-12-7-8-13-19(18)23(20)15-14-16-9-5-4-6-10-16/h4-10,12-13,17H,2-3,11,14-15,21H2,1H3. The Bertz CT molecular complexity index is 746. The zero-order chi connectivity index (χ0) is 16.1. The van der Waals surface area contributed by atoms with Gasteiger partial charge in [-0.15, -0.1) is 0 Å². The van der Waals surface area contributed by atoms with Crippen LogP contribution in [0.4, 0.5) is 0 Å². The number of fused-ring (bicyclic) bond motifs is 1. The molecule has 0 saturated carbocycles. The normalized spacial score (nSPS) is 12.6. The van der Waals surface area contributed by atoms with E-state index in [0.717, 1.165) is 43.6 Å². The highest BCUT2D eigenvalue weighted by Gasteiger charge is 2.16. The summed E-state index contributed by atoms with van der Waals surface area (Å²) in [7, 11) is 0. The molecular weight excluding hydrogens is 282 g/mol. The van der Waals surface area contributed by atoms with Crippen LogP contribution in [0.2, 0.25) is 0 Å². The van der Waals surface area contributed by atoms with Crippen molar-refractivity contribution in [1.29, 1.82) is 0 Å². The molecule has 3 heteroatoms. The summed E-state index contributed by atoms with van der Waals surface area (Å²) in [5.41, 5.74) is 10.0. The summed E-state index contributed by atoms with van der Waals surface area (Å²) in [4.78, 5) is 4.82. The van der Waals surface area contributed by atoms with Crippen molar-refractivity contribution in [1.82, 2.24) is 9.55 Å². The summed E-state index contributed by atoms with van der Waals surface area (Å²) in [6, 6.07) is 18.9. The van der Waals surface area contributed by atoms with E-state index in [2.05, 4.69) is 60.0 Å². The zero-order valence-corrected chi connectivity index (χ0v) is 13.8. The van der Waals surface area contributed by atoms with Crippen LogP contribution in [0.25, 0.3) is 11.0 Å². The number of aryl methyl sites for hydroxylation is 2. The maximum atomic E-state index is 6.43. The first-order valence-electron chi connectivity index (χ1n) is 8.54. The summed E-state index contributed by atoms with van der Waals surface area (Å²) >= 11 is 0. The predicted molar refractivity (Wildman–Crippen MR) is 96.3 cm³/mol. The van der Waals surface area contributed by atoms with Crippen LogP contribution < -0.4 is 5.73 Å². The Balaban J connectivity index is 1.89. The highest BCUT2D eigenvalue weighted by Crippen LogP contribution is 2.23. The lowest BCUT2D eigenvalue weighted by atomic mass is 10.1. The largest absolute Gasteiger partial charge is 0.326 e. The first-order valence-corrected chi connectivity index (χ1v) is 8.54. The van der Waals surface area contributed by atoms with E-state index in [-0.39, 0.29) is 6.04 Å². The Kier molecular flexibility index (Phi) is 5.09. The van der Waals surface area contributed by atoms with Crippen LogP contribution in [0.1, 0.15) is 43.6 Å². The molecule has 2 aromatic carbocycles. The molecule has 0 aliphatic heterocycles. The van der Waals surface area contributed by atoms with Crippen LogP contribution in [-0.4, -0.2) is 9.55 Å². The molecule has 23 heavy (non-hydrogen) atoms. The molecule has 0 amide bonds. The lowest BCUT2D eigenvalue weighted by Crippen LogP contribution is -2.17. The third-order valence-electron chi connectivity index (χ3n) is 4.35. The van der Waals surface area contributed by atoms with Crippen molar-refractivity contribution >= 4 is 11.0 Å². The number of unbranched alkanes of at least 4 members (excludes halogenated alkanes) is 1. The number of benzene rings is 2. The van der Waals surface area contributed by atoms with Crippen molar-refractivity contribution < 1.29 is 0 Å². The van der Waals surface area contributed by atoms with Crippen molar-refractivity contribution in [2.24, 2.45) is 5.73 Å². The molecule has 1 heterocycles. The topological polar surface area (TPSA) is 43.8 Å². The highest BCUT2D eigenvalue weighted by molar-refractivity contribution is 5.76. The van der Waals surface area contributed by atoms with Gasteiger partial charge in [0.25, 0.3) is 0 Å². The van der Waals surface area contributed by atoms with Gasteiger partial charge in [-0.2, -0.15) is 0 Å². The predicted octanol–water partition coefficient (Wildman–Crippen LogP) is 4.47. The Morgan fingerprint density at radius 1 is 1.04 bits per heavy atom. The summed E-state index contributed by atoms with van der Waals surface area (Å²) < 4.78 is 2.31. The van der Waals surface area contributed by atoms with E-state index in [1.165, 1.54) is 11.1 Å². The van der Waals surface area contributed by atoms with Gasteiger partial charge in [0.1, 0.15) is 5.82 Å². The van der Waals surface area contributed by atoms with Crippen LogP contribution in [-0.2, 0) is 13.0 Å². The third-order valence-corrected chi connectivity index (χ3v) is 4.35. The Morgan fingerprint density at radius 2 is 1.78 bits per heavy atom. The van der Waals surface area contributed by atoms with Gasteiger partial charge in [0.05, 0.1) is 17.1 Å². The number of para-hydroxylation sites is 2. The lowest BCUT2D eigenvalue weighted by molar-refractivity contribution is 0.539. The Labute approximate surface area is 138 Å². The number of aromatic nitrogens is 2. The molecule has 1 atom stereocenters. The van der Waals surface area contributed by atoms with Crippen molar-refractivity contribution in [3.05, 3.63) is 66.0 Å². The van der Waals surface area contributed by atoms with Gasteiger partial charge in [-0.25, -0.2) is 4.98 Å². The zero-order valence-electron chi connectivity index (χ0n) is 13.8. The molecular formula is C20H25N3. The number of hydrogen-bond acceptors (Lipinski definition) is 2. The number of hydrogen-bond donors (Lipinski definition) is 1. The molecule has 0 saturated heterocycles. The first-order chi connectivity index (χ1) is 11.3. The monoisotopic (exact) mass is 307 g/mol. The number of nitrogens with zero attached hydrogens (tertiary/aromatic N) is 2. The van der Waals surface area contributed by atoms with Crippen molar-refractivity contribution in [3.8, 4) is 0 Å². The van der Waals surface area contributed by atoms with Gasteiger partial charge in [0, 0.05) is 6.54 Å². The molecule has 0 bridgehead atoms. The smallest absolute Gasteiger partial charge is 0.126 e. The van der Waals surface area contributed by atoms with E-state index in [1.54, 1.807) is 0 Å². The molecule has 1 aromatic heterocycles. The summed E-state index contributed by atoms with van der Waals surface area (Å²) in [6.45, 7) is 3.12. The molecule has 0 spiro atoms. The minimum atomic E-state index is 0.0122. The van der Waals surface area contributed by atoms with Gasteiger partial charge in [-0.1, -0.05) is 62.2 Å². The van der Waals surface area contributed by atoms with E-state index in [9.17, 15) is 0 Å². The van der Waals surface area contributed by atoms with Gasteiger partial charge in [-0.05, 0) is 30.5 Å². The fourth-order valence-electron chi connectivity index (χ4n) is 3.05. The second-order valence-corrected chi connectivity index (χ2v) is 6.09. The minimum Gasteiger partial charge on any atom is -0.326 e. The van der Waals surface area contributed by atoms with Crippen LogP contribution in [0.5, 0.6) is 0 Å². The Hall–Kier alpha value is -2.13. The van der Waals surface area contributed by atoms with Crippen LogP contribution in [0.15, 0.2) is 54.6 Å². The summed E-state index contributed by atoms with van der Waals surface area (Å²) in [6.07, 6.45) is 4.29. The molecule has 0 fully saturated rings. The highest BCUT2D eigenvalue weighted by atomic mass is 15.1. The van der Waals surface area contributed by atoms with E-state index in [4.69, 9.17) is 10.7 Å². The van der Waals surface area contributed by atoms with Crippen LogP contribution in [0.3, 0.4) is 0 Å². The fourth-order valence-corrected chi connectivity index (χ4v) is 3.05. The fraction of sp³-hybridized carbons (Fsp3) is 0.350. The summed E-state index contributed by atoms with van der Waals surface area (Å²) in [5.74, 6) is 1.02. The number of rotatable bonds is 7. The summed E-state index contributed by atoms with van der Waals surface area (Å²) in [5, 5.41) is 0. The van der Waals surface area contributed by atoms with Gasteiger partial charge < -0.3 is 10.3 Å². The molecule has 0 aliphatic rings. The molecule has 3 nitrogen and oxygen atoms in total. The van der Waals surface area contributed by atoms with Crippen LogP contribution >= 0.6 is 0 Å². The van der Waals surface area contributed by atoms with Gasteiger partial charge >= 0.3 is 0 Å². The van der Waals surface area contributed by atoms with Crippen LogP contribution in [0, 0.1) is 0 Å². The van der Waals surface area contributed by atoms with Crippen molar-refractivity contribution in [2.75, 3.05) is 0 Å². The molecule has 0 radical (unpaired) electrons. The SMILES string of the molecule is CCCCC(N)c1nc2ccccc2n1CCc1ccccc1. The number of nitrogens with two attached hydrogens (primary N) is 1. The minimum absolute atomic E-state index is 0.0122. The second-order valence-electron chi connectivity index (χ2n) is 6.09. The van der Waals surface area contributed by atoms with E-state index in [0.29, 0.717) is 0 Å². The van der Waals surface area contributed by atoms with E-state index >= 15 is 0 Å². The quantitative estimate of drug-likeness (QED) is 0.700. The Morgan fingerprint density at radius 3 is 2.57 bits per heavy atom. The van der Waals surface area contributed by atoms with Gasteiger partial charge in [0.2, 0.25) is 0 Å². The van der Waals surface area contributed by atoms with E-state index < -0.39 is 0 Å². The second kappa shape index (κ2) is 7.42.